The van der Waals surface area contributed by atoms with Crippen LogP contribution in [0, 0.1) is 5.82 Å². The van der Waals surface area contributed by atoms with Gasteiger partial charge < -0.3 is 14.7 Å². The Hall–Kier alpha value is -1.73. The van der Waals surface area contributed by atoms with E-state index >= 15 is 0 Å². The highest BCUT2D eigenvalue weighted by molar-refractivity contribution is 6.32. The number of rotatable bonds is 2. The van der Waals surface area contributed by atoms with Gasteiger partial charge in [-0.25, -0.2) is 14.2 Å². The largest absolute Gasteiger partial charge is 0.479 e. The molecule has 2 heterocycles. The Bertz CT molecular complexity index is 525. The summed E-state index contributed by atoms with van der Waals surface area (Å²) in [6.07, 6.45) is -0.184. The third-order valence-corrected chi connectivity index (χ3v) is 2.97. The zero-order valence-electron chi connectivity index (χ0n) is 9.68. The van der Waals surface area contributed by atoms with Crippen molar-refractivity contribution in [1.29, 1.82) is 0 Å². The third kappa shape index (κ3) is 2.99. The molecule has 1 N–H and O–H groups in total. The van der Waals surface area contributed by atoms with Gasteiger partial charge in [-0.2, -0.15) is 0 Å². The molecule has 8 heteroatoms. The lowest BCUT2D eigenvalue weighted by Crippen LogP contribution is -2.48. The Morgan fingerprint density at radius 3 is 3.00 bits per heavy atom. The normalized spacial score (nSPS) is 19.3. The molecule has 0 aromatic carbocycles. The number of morpholine rings is 1. The van der Waals surface area contributed by atoms with Crippen molar-refractivity contribution in [1.82, 2.24) is 9.88 Å². The molecule has 1 saturated heterocycles. The fourth-order valence-corrected chi connectivity index (χ4v) is 1.91. The lowest BCUT2D eigenvalue weighted by Gasteiger charge is -2.30. The van der Waals surface area contributed by atoms with E-state index in [9.17, 15) is 14.0 Å². The number of carboxylic acids is 1. The Morgan fingerprint density at radius 2 is 2.32 bits per heavy atom. The molecule has 1 aromatic rings. The van der Waals surface area contributed by atoms with E-state index in [1.807, 2.05) is 0 Å². The molecule has 0 saturated carbocycles. The highest BCUT2D eigenvalue weighted by atomic mass is 35.5. The molecule has 1 amide bonds. The van der Waals surface area contributed by atoms with E-state index < -0.39 is 23.8 Å². The number of carbonyl (C=O) groups excluding carboxylic acids is 1. The number of aromatic nitrogens is 1. The molecule has 19 heavy (non-hydrogen) atoms. The lowest BCUT2D eigenvalue weighted by molar-refractivity contribution is -0.154. The molecule has 1 aromatic heterocycles. The zero-order chi connectivity index (χ0) is 14.0. The second kappa shape index (κ2) is 5.50. The van der Waals surface area contributed by atoms with Crippen LogP contribution in [0.1, 0.15) is 10.4 Å². The summed E-state index contributed by atoms with van der Waals surface area (Å²) in [5, 5.41) is 8.73. The quantitative estimate of drug-likeness (QED) is 0.814. The predicted octanol–water partition coefficient (Wildman–Crippen LogP) is 0.800. The second-order valence-electron chi connectivity index (χ2n) is 3.94. The Labute approximate surface area is 112 Å². The van der Waals surface area contributed by atoms with Gasteiger partial charge >= 0.3 is 5.97 Å². The first-order chi connectivity index (χ1) is 8.99. The van der Waals surface area contributed by atoms with Crippen molar-refractivity contribution < 1.29 is 23.8 Å². The number of amides is 1. The zero-order valence-corrected chi connectivity index (χ0v) is 10.4. The van der Waals surface area contributed by atoms with Crippen LogP contribution in [0.3, 0.4) is 0 Å². The third-order valence-electron chi connectivity index (χ3n) is 2.67. The van der Waals surface area contributed by atoms with Gasteiger partial charge in [-0.1, -0.05) is 11.6 Å². The molecular formula is C11H10ClFN2O4. The van der Waals surface area contributed by atoms with Gasteiger partial charge in [0, 0.05) is 6.54 Å². The summed E-state index contributed by atoms with van der Waals surface area (Å²) in [6, 6.07) is 0.975. The van der Waals surface area contributed by atoms with Crippen LogP contribution in [-0.4, -0.2) is 52.7 Å². The van der Waals surface area contributed by atoms with Crippen molar-refractivity contribution >= 4 is 23.5 Å². The van der Waals surface area contributed by atoms with E-state index in [4.69, 9.17) is 21.4 Å². The van der Waals surface area contributed by atoms with E-state index in [2.05, 4.69) is 4.98 Å². The van der Waals surface area contributed by atoms with Gasteiger partial charge in [0.15, 0.2) is 6.10 Å². The Kier molecular flexibility index (Phi) is 3.96. The van der Waals surface area contributed by atoms with Crippen molar-refractivity contribution in [3.63, 3.8) is 0 Å². The molecule has 102 valence electrons. The smallest absolute Gasteiger partial charge is 0.334 e. The van der Waals surface area contributed by atoms with Crippen molar-refractivity contribution in [3.8, 4) is 0 Å². The molecule has 0 radical (unpaired) electrons. The van der Waals surface area contributed by atoms with Crippen LogP contribution in [0.2, 0.25) is 5.15 Å². The number of ether oxygens (including phenoxy) is 1. The van der Waals surface area contributed by atoms with E-state index in [1.54, 1.807) is 0 Å². The summed E-state index contributed by atoms with van der Waals surface area (Å²) in [7, 11) is 0. The maximum Gasteiger partial charge on any atom is 0.334 e. The molecule has 1 fully saturated rings. The molecule has 6 nitrogen and oxygen atoms in total. The summed E-state index contributed by atoms with van der Waals surface area (Å²) in [6.45, 7) is 0.208. The molecule has 2 rings (SSSR count). The highest BCUT2D eigenvalue weighted by Crippen LogP contribution is 2.18. The SMILES string of the molecule is O=C(O)C1CN(C(=O)c2cc(F)cnc2Cl)CCO1. The first-order valence-corrected chi connectivity index (χ1v) is 5.81. The first kappa shape index (κ1) is 13.7. The molecule has 1 aliphatic heterocycles. The van der Waals surface area contributed by atoms with Gasteiger partial charge in [0.2, 0.25) is 0 Å². The minimum Gasteiger partial charge on any atom is -0.479 e. The van der Waals surface area contributed by atoms with Crippen molar-refractivity contribution in [2.45, 2.75) is 6.10 Å². The minimum absolute atomic E-state index is 0.0901. The predicted molar refractivity (Wildman–Crippen MR) is 62.5 cm³/mol. The average molecular weight is 289 g/mol. The summed E-state index contributed by atoms with van der Waals surface area (Å²) in [5.74, 6) is -2.40. The van der Waals surface area contributed by atoms with E-state index in [0.717, 1.165) is 12.3 Å². The van der Waals surface area contributed by atoms with Crippen LogP contribution < -0.4 is 0 Å². The molecule has 0 aliphatic carbocycles. The van der Waals surface area contributed by atoms with Crippen LogP contribution in [0.4, 0.5) is 4.39 Å². The summed E-state index contributed by atoms with van der Waals surface area (Å²) in [4.78, 5) is 27.7. The number of halogens is 2. The van der Waals surface area contributed by atoms with Gasteiger partial charge in [0.1, 0.15) is 11.0 Å². The summed E-state index contributed by atoms with van der Waals surface area (Å²) < 4.78 is 18.1. The summed E-state index contributed by atoms with van der Waals surface area (Å²) >= 11 is 5.74. The number of hydrogen-bond acceptors (Lipinski definition) is 4. The van der Waals surface area contributed by atoms with Gasteiger partial charge in [0.05, 0.1) is 24.9 Å². The molecular weight excluding hydrogens is 279 g/mol. The van der Waals surface area contributed by atoms with Crippen LogP contribution in [-0.2, 0) is 9.53 Å². The number of carboxylic acid groups (broad SMARTS) is 1. The van der Waals surface area contributed by atoms with Crippen molar-refractivity contribution in [2.75, 3.05) is 19.7 Å². The van der Waals surface area contributed by atoms with Crippen LogP contribution >= 0.6 is 11.6 Å². The molecule has 1 atom stereocenters. The van der Waals surface area contributed by atoms with Gasteiger partial charge in [0.25, 0.3) is 5.91 Å². The van der Waals surface area contributed by atoms with E-state index in [1.165, 1.54) is 4.90 Å². The topological polar surface area (TPSA) is 79.7 Å². The summed E-state index contributed by atoms with van der Waals surface area (Å²) in [5.41, 5.74) is -0.0901. The maximum atomic E-state index is 13.1. The fraction of sp³-hybridized carbons (Fsp3) is 0.364. The molecule has 0 bridgehead atoms. The number of carbonyl (C=O) groups is 2. The molecule has 1 aliphatic rings. The minimum atomic E-state index is -1.15. The Morgan fingerprint density at radius 1 is 1.58 bits per heavy atom. The number of aliphatic carboxylic acids is 1. The standard InChI is InChI=1S/C11H10ClFN2O4/c12-9-7(3-6(13)4-14-9)10(16)15-1-2-19-8(5-15)11(17)18/h3-4,8H,1-2,5H2,(H,17,18). The van der Waals surface area contributed by atoms with Crippen molar-refractivity contribution in [3.05, 3.63) is 28.8 Å². The van der Waals surface area contributed by atoms with Gasteiger partial charge in [-0.05, 0) is 6.07 Å². The second-order valence-corrected chi connectivity index (χ2v) is 4.30. The van der Waals surface area contributed by atoms with Crippen LogP contribution in [0.25, 0.3) is 0 Å². The molecule has 1 unspecified atom stereocenters. The van der Waals surface area contributed by atoms with Crippen molar-refractivity contribution in [2.24, 2.45) is 0 Å². The monoisotopic (exact) mass is 288 g/mol. The number of pyridine rings is 1. The van der Waals surface area contributed by atoms with E-state index in [-0.39, 0.29) is 30.4 Å². The lowest BCUT2D eigenvalue weighted by atomic mass is 10.2. The van der Waals surface area contributed by atoms with E-state index in [0.29, 0.717) is 0 Å². The van der Waals surface area contributed by atoms with Gasteiger partial charge in [-0.15, -0.1) is 0 Å². The number of hydrogen-bond donors (Lipinski definition) is 1. The fourth-order valence-electron chi connectivity index (χ4n) is 1.73. The Balaban J connectivity index is 2.19. The maximum absolute atomic E-state index is 13.1. The molecule has 0 spiro atoms. The number of nitrogens with zero attached hydrogens (tertiary/aromatic N) is 2. The first-order valence-electron chi connectivity index (χ1n) is 5.44. The highest BCUT2D eigenvalue weighted by Gasteiger charge is 2.30. The van der Waals surface area contributed by atoms with Gasteiger partial charge in [-0.3, -0.25) is 4.79 Å². The van der Waals surface area contributed by atoms with Crippen LogP contribution in [0.15, 0.2) is 12.3 Å². The average Bonchev–Trinajstić information content (AvgIpc) is 2.41. The van der Waals surface area contributed by atoms with Crippen LogP contribution in [0.5, 0.6) is 0 Å².